The number of aromatic nitrogens is 4. The Morgan fingerprint density at radius 1 is 1.00 bits per heavy atom. The lowest BCUT2D eigenvalue weighted by Gasteiger charge is -2.02. The molecule has 2 rings (SSSR count). The van der Waals surface area contributed by atoms with Crippen molar-refractivity contribution in [2.24, 2.45) is 0 Å². The molecular formula is C10H9BrN4. The van der Waals surface area contributed by atoms with Gasteiger partial charge in [0.15, 0.2) is 5.82 Å². The average Bonchev–Trinajstić information content (AvgIpc) is 2.20. The Kier molecular flexibility index (Phi) is 2.73. The van der Waals surface area contributed by atoms with Gasteiger partial charge in [-0.25, -0.2) is 0 Å². The number of nitrogens with zero attached hydrogens (tertiary/aromatic N) is 4. The van der Waals surface area contributed by atoms with Gasteiger partial charge in [-0.1, -0.05) is 22.0 Å². The summed E-state index contributed by atoms with van der Waals surface area (Å²) in [5, 5.41) is 15.7. The molecule has 0 spiro atoms. The molecule has 0 aliphatic rings. The van der Waals surface area contributed by atoms with E-state index in [0.29, 0.717) is 11.6 Å². The summed E-state index contributed by atoms with van der Waals surface area (Å²) in [6, 6.07) is 5.97. The van der Waals surface area contributed by atoms with Gasteiger partial charge in [0, 0.05) is 10.0 Å². The van der Waals surface area contributed by atoms with Crippen molar-refractivity contribution in [2.45, 2.75) is 13.8 Å². The topological polar surface area (TPSA) is 51.6 Å². The third kappa shape index (κ3) is 2.18. The highest BCUT2D eigenvalue weighted by atomic mass is 79.9. The molecule has 0 aliphatic carbocycles. The first-order valence-corrected chi connectivity index (χ1v) is 5.26. The zero-order chi connectivity index (χ0) is 10.8. The van der Waals surface area contributed by atoms with E-state index in [9.17, 15) is 0 Å². The summed E-state index contributed by atoms with van der Waals surface area (Å²) in [5.74, 6) is 1.11. The fourth-order valence-electron chi connectivity index (χ4n) is 1.19. The van der Waals surface area contributed by atoms with Gasteiger partial charge < -0.3 is 0 Å². The Bertz CT molecular complexity index is 481. The van der Waals surface area contributed by atoms with Crippen LogP contribution in [0.1, 0.15) is 11.4 Å². The molecule has 2 aromatic rings. The van der Waals surface area contributed by atoms with Crippen molar-refractivity contribution in [3.63, 3.8) is 0 Å². The van der Waals surface area contributed by atoms with Gasteiger partial charge in [0.1, 0.15) is 0 Å². The van der Waals surface area contributed by atoms with E-state index in [1.807, 2.05) is 25.1 Å². The number of hydrogen-bond donors (Lipinski definition) is 0. The maximum absolute atomic E-state index is 3.99. The highest BCUT2D eigenvalue weighted by molar-refractivity contribution is 9.10. The van der Waals surface area contributed by atoms with E-state index in [1.165, 1.54) is 5.56 Å². The normalized spacial score (nSPS) is 10.3. The molecule has 0 saturated heterocycles. The predicted octanol–water partition coefficient (Wildman–Crippen LogP) is 2.31. The molecule has 1 aromatic carbocycles. The summed E-state index contributed by atoms with van der Waals surface area (Å²) in [6.07, 6.45) is 0. The second-order valence-electron chi connectivity index (χ2n) is 3.25. The SMILES string of the molecule is Cc1ccc(-c2nnc(C)nn2)c(Br)c1. The Morgan fingerprint density at radius 2 is 1.67 bits per heavy atom. The van der Waals surface area contributed by atoms with Gasteiger partial charge >= 0.3 is 0 Å². The summed E-state index contributed by atoms with van der Waals surface area (Å²) in [4.78, 5) is 0. The zero-order valence-corrected chi connectivity index (χ0v) is 9.98. The molecule has 0 atom stereocenters. The minimum Gasteiger partial charge on any atom is -0.131 e. The van der Waals surface area contributed by atoms with Gasteiger partial charge in [-0.3, -0.25) is 0 Å². The van der Waals surface area contributed by atoms with Crippen LogP contribution >= 0.6 is 15.9 Å². The van der Waals surface area contributed by atoms with Crippen LogP contribution in [0, 0.1) is 13.8 Å². The summed E-state index contributed by atoms with van der Waals surface area (Å²) < 4.78 is 0.954. The van der Waals surface area contributed by atoms with Crippen molar-refractivity contribution in [1.29, 1.82) is 0 Å². The van der Waals surface area contributed by atoms with E-state index in [2.05, 4.69) is 36.3 Å². The van der Waals surface area contributed by atoms with Crippen molar-refractivity contribution >= 4 is 15.9 Å². The quantitative estimate of drug-likeness (QED) is 0.793. The fourth-order valence-corrected chi connectivity index (χ4v) is 1.86. The number of hydrogen-bond acceptors (Lipinski definition) is 4. The Morgan fingerprint density at radius 3 is 2.27 bits per heavy atom. The molecule has 76 valence electrons. The third-order valence-corrected chi connectivity index (χ3v) is 2.60. The van der Waals surface area contributed by atoms with Crippen LogP contribution in [0.4, 0.5) is 0 Å². The number of halogens is 1. The van der Waals surface area contributed by atoms with Crippen molar-refractivity contribution in [3.8, 4) is 11.4 Å². The van der Waals surface area contributed by atoms with E-state index < -0.39 is 0 Å². The Hall–Kier alpha value is -1.36. The molecule has 5 heteroatoms. The molecule has 0 bridgehead atoms. The molecule has 0 radical (unpaired) electrons. The van der Waals surface area contributed by atoms with Crippen LogP contribution < -0.4 is 0 Å². The second kappa shape index (κ2) is 4.02. The predicted molar refractivity (Wildman–Crippen MR) is 60.2 cm³/mol. The molecule has 0 aliphatic heterocycles. The lowest BCUT2D eigenvalue weighted by Crippen LogP contribution is -1.99. The van der Waals surface area contributed by atoms with Crippen LogP contribution in [0.15, 0.2) is 22.7 Å². The number of rotatable bonds is 1. The molecule has 0 unspecified atom stereocenters. The first kappa shape index (κ1) is 10.2. The van der Waals surface area contributed by atoms with E-state index in [0.717, 1.165) is 10.0 Å². The summed E-state index contributed by atoms with van der Waals surface area (Å²) in [6.45, 7) is 3.79. The van der Waals surface area contributed by atoms with Crippen LogP contribution in [0.2, 0.25) is 0 Å². The van der Waals surface area contributed by atoms with Crippen LogP contribution in [0.25, 0.3) is 11.4 Å². The summed E-state index contributed by atoms with van der Waals surface area (Å²) in [7, 11) is 0. The molecule has 15 heavy (non-hydrogen) atoms. The molecular weight excluding hydrogens is 256 g/mol. The average molecular weight is 265 g/mol. The number of aryl methyl sites for hydroxylation is 2. The molecule has 0 amide bonds. The second-order valence-corrected chi connectivity index (χ2v) is 4.11. The first-order chi connectivity index (χ1) is 7.16. The van der Waals surface area contributed by atoms with Gasteiger partial charge in [0.2, 0.25) is 5.82 Å². The molecule has 0 N–H and O–H groups in total. The van der Waals surface area contributed by atoms with Crippen LogP contribution in [0.5, 0.6) is 0 Å². The van der Waals surface area contributed by atoms with Crippen molar-refractivity contribution < 1.29 is 0 Å². The highest BCUT2D eigenvalue weighted by Gasteiger charge is 2.06. The highest BCUT2D eigenvalue weighted by Crippen LogP contribution is 2.25. The van der Waals surface area contributed by atoms with Gasteiger partial charge in [-0.2, -0.15) is 0 Å². The minimum absolute atomic E-state index is 0.535. The van der Waals surface area contributed by atoms with E-state index in [1.54, 1.807) is 6.92 Å². The van der Waals surface area contributed by atoms with E-state index >= 15 is 0 Å². The molecule has 1 aromatic heterocycles. The number of benzene rings is 1. The summed E-state index contributed by atoms with van der Waals surface area (Å²) >= 11 is 3.47. The first-order valence-electron chi connectivity index (χ1n) is 4.47. The third-order valence-electron chi connectivity index (χ3n) is 1.94. The van der Waals surface area contributed by atoms with Gasteiger partial charge in [0.25, 0.3) is 0 Å². The molecule has 0 fully saturated rings. The molecule has 0 saturated carbocycles. The van der Waals surface area contributed by atoms with E-state index in [4.69, 9.17) is 0 Å². The fraction of sp³-hybridized carbons (Fsp3) is 0.200. The molecule has 1 heterocycles. The van der Waals surface area contributed by atoms with Crippen molar-refractivity contribution in [2.75, 3.05) is 0 Å². The van der Waals surface area contributed by atoms with Gasteiger partial charge in [-0.05, 0) is 31.5 Å². The van der Waals surface area contributed by atoms with Crippen LogP contribution in [0.3, 0.4) is 0 Å². The monoisotopic (exact) mass is 264 g/mol. The summed E-state index contributed by atoms with van der Waals surface area (Å²) in [5.41, 5.74) is 2.08. The minimum atomic E-state index is 0.535. The van der Waals surface area contributed by atoms with E-state index in [-0.39, 0.29) is 0 Å². The lowest BCUT2D eigenvalue weighted by atomic mass is 10.1. The van der Waals surface area contributed by atoms with Gasteiger partial charge in [-0.15, -0.1) is 20.4 Å². The largest absolute Gasteiger partial charge is 0.204 e. The lowest BCUT2D eigenvalue weighted by molar-refractivity contribution is 0.815. The Balaban J connectivity index is 2.49. The smallest absolute Gasteiger partial charge is 0.131 e. The maximum atomic E-state index is 3.99. The van der Waals surface area contributed by atoms with Crippen LogP contribution in [-0.2, 0) is 0 Å². The van der Waals surface area contributed by atoms with Crippen LogP contribution in [-0.4, -0.2) is 20.4 Å². The maximum Gasteiger partial charge on any atom is 0.204 e. The van der Waals surface area contributed by atoms with Crippen molar-refractivity contribution in [3.05, 3.63) is 34.1 Å². The molecule has 4 nitrogen and oxygen atoms in total. The van der Waals surface area contributed by atoms with Gasteiger partial charge in [0.05, 0.1) is 0 Å². The Labute approximate surface area is 95.9 Å². The standard InChI is InChI=1S/C10H9BrN4/c1-6-3-4-8(9(11)5-6)10-14-12-7(2)13-15-10/h3-5H,1-2H3. The van der Waals surface area contributed by atoms with Crippen molar-refractivity contribution in [1.82, 2.24) is 20.4 Å². The zero-order valence-electron chi connectivity index (χ0n) is 8.40.